The van der Waals surface area contributed by atoms with Crippen LogP contribution in [0.15, 0.2) is 5.10 Å². The molecule has 4 amide bonds. The smallest absolute Gasteiger partial charge is 0.411 e. The second-order valence-electron chi connectivity index (χ2n) is 11.1. The molecule has 11 heteroatoms. The molecule has 0 radical (unpaired) electrons. The number of ether oxygens (including phenoxy) is 2. The number of nitrogens with zero attached hydrogens (tertiary/aromatic N) is 2. The molecule has 11 nitrogen and oxygen atoms in total. The molecule has 2 fully saturated rings. The van der Waals surface area contributed by atoms with Crippen molar-refractivity contribution < 1.29 is 28.7 Å². The topological polar surface area (TPSA) is 138 Å². The minimum Gasteiger partial charge on any atom is -0.444 e. The van der Waals surface area contributed by atoms with Crippen LogP contribution in [0.5, 0.6) is 0 Å². The molecule has 3 N–H and O–H groups in total. The second-order valence-corrected chi connectivity index (χ2v) is 11.1. The summed E-state index contributed by atoms with van der Waals surface area (Å²) in [5, 5.41) is 9.74. The van der Waals surface area contributed by atoms with Gasteiger partial charge in [0.05, 0.1) is 18.7 Å². The summed E-state index contributed by atoms with van der Waals surface area (Å²) in [5.41, 5.74) is 1.77. The second kappa shape index (κ2) is 15.0. The predicted octanol–water partition coefficient (Wildman–Crippen LogP) is 3.37. The number of urea groups is 1. The van der Waals surface area contributed by atoms with Crippen molar-refractivity contribution in [3.63, 3.8) is 0 Å². The number of amides is 4. The quantitative estimate of drug-likeness (QED) is 0.273. The molecule has 0 bridgehead atoms. The first-order chi connectivity index (χ1) is 18.0. The molecule has 1 aliphatic carbocycles. The van der Waals surface area contributed by atoms with E-state index >= 15 is 0 Å². The van der Waals surface area contributed by atoms with Crippen molar-refractivity contribution in [1.82, 2.24) is 21.0 Å². The molecular weight excluding hydrogens is 490 g/mol. The lowest BCUT2D eigenvalue weighted by Crippen LogP contribution is -2.50. The fraction of sp³-hybridized carbons (Fsp3) is 0.815. The van der Waals surface area contributed by atoms with Gasteiger partial charge >= 0.3 is 12.1 Å². The van der Waals surface area contributed by atoms with Crippen molar-refractivity contribution in [2.24, 2.45) is 16.9 Å². The summed E-state index contributed by atoms with van der Waals surface area (Å²) in [4.78, 5) is 51.3. The lowest BCUT2D eigenvalue weighted by molar-refractivity contribution is -0.126. The molecule has 1 saturated carbocycles. The number of hydrogen-bond donors (Lipinski definition) is 3. The van der Waals surface area contributed by atoms with E-state index in [-0.39, 0.29) is 24.5 Å². The Labute approximate surface area is 226 Å². The van der Waals surface area contributed by atoms with Crippen molar-refractivity contribution in [3.05, 3.63) is 0 Å². The first-order valence-electron chi connectivity index (χ1n) is 14.0. The summed E-state index contributed by atoms with van der Waals surface area (Å²) in [6.07, 6.45) is 5.81. The van der Waals surface area contributed by atoms with Gasteiger partial charge in [0.15, 0.2) is 0 Å². The first-order valence-corrected chi connectivity index (χ1v) is 14.0. The molecule has 0 aromatic heterocycles. The van der Waals surface area contributed by atoms with Gasteiger partial charge in [0, 0.05) is 38.1 Å². The zero-order chi connectivity index (χ0) is 28.3. The van der Waals surface area contributed by atoms with Crippen molar-refractivity contribution in [2.75, 3.05) is 19.7 Å². The molecule has 0 spiro atoms. The van der Waals surface area contributed by atoms with Crippen molar-refractivity contribution in [1.29, 1.82) is 0 Å². The Balaban J connectivity index is 1.82. The molecule has 0 unspecified atom stereocenters. The largest absolute Gasteiger partial charge is 0.444 e. The van der Waals surface area contributed by atoms with Gasteiger partial charge in [-0.05, 0) is 65.7 Å². The highest BCUT2D eigenvalue weighted by Gasteiger charge is 2.42. The van der Waals surface area contributed by atoms with Crippen molar-refractivity contribution in [3.8, 4) is 0 Å². The normalized spacial score (nSPS) is 24.6. The fourth-order valence-electron chi connectivity index (χ4n) is 4.89. The van der Waals surface area contributed by atoms with Gasteiger partial charge in [-0.25, -0.2) is 15.0 Å². The molecule has 1 saturated heterocycles. The lowest BCUT2D eigenvalue weighted by atomic mass is 9.79. The molecule has 0 aromatic carbocycles. The number of Topliss-reactive ketones (excluding diaryl/α,β-unsaturated/α-hetero) is 1. The van der Waals surface area contributed by atoms with E-state index in [1.165, 1.54) is 11.1 Å². The number of ketones is 1. The standard InChI is InChI=1S/C27H47N5O6/c1-7-20(16-29-31-25(35)28-15-18-10-12-19(13-11-18)23(33)8-2)30-24(34)22-14-21(37-9-3)17-32(22)26(36)38-27(4,5)6/h16,18-22H,7-15,17H2,1-6H3,(H,30,34)(H2,28,31,35)/b29-16+/t18?,19?,20-,21+,22-/m0/s1. The van der Waals surface area contributed by atoms with Crippen LogP contribution in [0.2, 0.25) is 0 Å². The summed E-state index contributed by atoms with van der Waals surface area (Å²) in [6, 6.07) is -1.57. The third-order valence-corrected chi connectivity index (χ3v) is 6.99. The Bertz CT molecular complexity index is 834. The van der Waals surface area contributed by atoms with Crippen LogP contribution in [0.3, 0.4) is 0 Å². The van der Waals surface area contributed by atoms with Crippen LogP contribution in [0.25, 0.3) is 0 Å². The number of carbonyl (C=O) groups excluding carboxylic acids is 4. The summed E-state index contributed by atoms with van der Waals surface area (Å²) in [6.45, 7) is 12.3. The maximum atomic E-state index is 13.1. The van der Waals surface area contributed by atoms with Crippen LogP contribution in [0.1, 0.15) is 86.5 Å². The maximum Gasteiger partial charge on any atom is 0.411 e. The van der Waals surface area contributed by atoms with E-state index in [1.807, 2.05) is 20.8 Å². The number of likely N-dealkylation sites (tertiary alicyclic amines) is 1. The number of nitrogens with one attached hydrogen (secondary N) is 3. The van der Waals surface area contributed by atoms with E-state index in [0.29, 0.717) is 44.1 Å². The van der Waals surface area contributed by atoms with Gasteiger partial charge < -0.3 is 20.1 Å². The van der Waals surface area contributed by atoms with E-state index in [1.54, 1.807) is 20.8 Å². The zero-order valence-electron chi connectivity index (χ0n) is 23.9. The van der Waals surface area contributed by atoms with Gasteiger partial charge in [-0.15, -0.1) is 0 Å². The third kappa shape index (κ3) is 10.2. The Morgan fingerprint density at radius 3 is 2.34 bits per heavy atom. The highest BCUT2D eigenvalue weighted by molar-refractivity contribution is 5.88. The molecule has 216 valence electrons. The fourth-order valence-corrected chi connectivity index (χ4v) is 4.89. The van der Waals surface area contributed by atoms with E-state index in [0.717, 1.165) is 25.7 Å². The summed E-state index contributed by atoms with van der Waals surface area (Å²) in [7, 11) is 0. The van der Waals surface area contributed by atoms with E-state index in [2.05, 4.69) is 21.2 Å². The number of hydrazone groups is 1. The van der Waals surface area contributed by atoms with E-state index < -0.39 is 29.8 Å². The van der Waals surface area contributed by atoms with Crippen LogP contribution in [0.4, 0.5) is 9.59 Å². The average Bonchev–Trinajstić information content (AvgIpc) is 3.30. The summed E-state index contributed by atoms with van der Waals surface area (Å²) in [5.74, 6) is 0.535. The van der Waals surface area contributed by atoms with Crippen molar-refractivity contribution in [2.45, 2.75) is 110 Å². The van der Waals surface area contributed by atoms with Crippen LogP contribution < -0.4 is 16.1 Å². The van der Waals surface area contributed by atoms with E-state index in [9.17, 15) is 19.2 Å². The predicted molar refractivity (Wildman–Crippen MR) is 145 cm³/mol. The highest BCUT2D eigenvalue weighted by atomic mass is 16.6. The Hall–Kier alpha value is -2.69. The third-order valence-electron chi connectivity index (χ3n) is 6.99. The maximum absolute atomic E-state index is 13.1. The van der Waals surface area contributed by atoms with Gasteiger partial charge in [0.2, 0.25) is 5.91 Å². The first kappa shape index (κ1) is 31.5. The Kier molecular flexibility index (Phi) is 12.5. The highest BCUT2D eigenvalue weighted by Crippen LogP contribution is 2.29. The minimum absolute atomic E-state index is 0.168. The molecule has 2 aliphatic rings. The zero-order valence-corrected chi connectivity index (χ0v) is 23.9. The number of carbonyl (C=O) groups is 4. The number of hydrogen-bond acceptors (Lipinski definition) is 7. The number of rotatable bonds is 11. The van der Waals surface area contributed by atoms with Gasteiger partial charge in [-0.1, -0.05) is 13.8 Å². The minimum atomic E-state index is -0.720. The Morgan fingerprint density at radius 1 is 1.08 bits per heavy atom. The van der Waals surface area contributed by atoms with Crippen LogP contribution in [-0.2, 0) is 19.1 Å². The van der Waals surface area contributed by atoms with Crippen LogP contribution in [-0.4, -0.2) is 78.4 Å². The summed E-state index contributed by atoms with van der Waals surface area (Å²) < 4.78 is 11.2. The van der Waals surface area contributed by atoms with Gasteiger partial charge in [0.25, 0.3) is 0 Å². The SMILES string of the molecule is CCO[C@@H]1C[C@@H](C(=O)N[C@H](/C=N/NC(=O)NCC2CCC(C(=O)CC)CC2)CC)N(C(=O)OC(C)(C)C)C1. The molecule has 38 heavy (non-hydrogen) atoms. The molecule has 3 atom stereocenters. The monoisotopic (exact) mass is 537 g/mol. The van der Waals surface area contributed by atoms with Gasteiger partial charge in [-0.2, -0.15) is 5.10 Å². The lowest BCUT2D eigenvalue weighted by Gasteiger charge is -2.28. The summed E-state index contributed by atoms with van der Waals surface area (Å²) >= 11 is 0. The van der Waals surface area contributed by atoms with Crippen LogP contribution >= 0.6 is 0 Å². The van der Waals surface area contributed by atoms with Crippen LogP contribution in [0, 0.1) is 11.8 Å². The Morgan fingerprint density at radius 2 is 1.76 bits per heavy atom. The molecule has 2 rings (SSSR count). The van der Waals surface area contributed by atoms with E-state index in [4.69, 9.17) is 9.47 Å². The van der Waals surface area contributed by atoms with Gasteiger partial charge in [0.1, 0.15) is 17.4 Å². The molecule has 0 aromatic rings. The van der Waals surface area contributed by atoms with Gasteiger partial charge in [-0.3, -0.25) is 14.5 Å². The average molecular weight is 538 g/mol. The molecule has 1 heterocycles. The molecular formula is C27H47N5O6. The molecule has 1 aliphatic heterocycles. The van der Waals surface area contributed by atoms with Crippen molar-refractivity contribution >= 4 is 30.0 Å².